The highest BCUT2D eigenvalue weighted by Crippen LogP contribution is 2.32. The van der Waals surface area contributed by atoms with Crippen molar-refractivity contribution in [1.29, 1.82) is 0 Å². The fourth-order valence-corrected chi connectivity index (χ4v) is 4.00. The quantitative estimate of drug-likeness (QED) is 0.624. The lowest BCUT2D eigenvalue weighted by Crippen LogP contribution is -1.97. The van der Waals surface area contributed by atoms with Crippen molar-refractivity contribution in [3.8, 4) is 10.6 Å². The Morgan fingerprint density at radius 3 is 2.90 bits per heavy atom. The molecule has 1 atom stereocenters. The molecule has 0 radical (unpaired) electrons. The molecule has 2 nitrogen and oxygen atoms in total. The van der Waals surface area contributed by atoms with Gasteiger partial charge in [-0.3, -0.25) is 0 Å². The third-order valence-electron chi connectivity index (χ3n) is 3.92. The standard InChI is InChI=1S/C17H14BrNOS/c18-15-4-3-11-1-2-12(7-14(11)8-15)17-19-16(10-21-17)13-5-6-20-9-13/h1-4,7-8,10,13H,5-6,9H2. The van der Waals surface area contributed by atoms with Gasteiger partial charge in [0.1, 0.15) is 5.01 Å². The first-order valence-electron chi connectivity index (χ1n) is 7.02. The summed E-state index contributed by atoms with van der Waals surface area (Å²) < 4.78 is 6.56. The Bertz CT molecular complexity index is 792. The Balaban J connectivity index is 1.72. The summed E-state index contributed by atoms with van der Waals surface area (Å²) in [4.78, 5) is 4.82. The smallest absolute Gasteiger partial charge is 0.123 e. The molecule has 106 valence electrons. The van der Waals surface area contributed by atoms with Crippen LogP contribution in [-0.4, -0.2) is 18.2 Å². The number of fused-ring (bicyclic) bond motifs is 1. The second kappa shape index (κ2) is 5.52. The minimum absolute atomic E-state index is 0.476. The van der Waals surface area contributed by atoms with Crippen molar-refractivity contribution in [3.63, 3.8) is 0 Å². The van der Waals surface area contributed by atoms with Crippen LogP contribution in [0.2, 0.25) is 0 Å². The van der Waals surface area contributed by atoms with Gasteiger partial charge >= 0.3 is 0 Å². The highest BCUT2D eigenvalue weighted by Gasteiger charge is 2.20. The fourth-order valence-electron chi connectivity index (χ4n) is 2.72. The van der Waals surface area contributed by atoms with E-state index >= 15 is 0 Å². The predicted molar refractivity (Wildman–Crippen MR) is 90.9 cm³/mol. The summed E-state index contributed by atoms with van der Waals surface area (Å²) in [6, 6.07) is 12.9. The first-order chi connectivity index (χ1) is 10.3. The second-order valence-corrected chi connectivity index (χ2v) is 7.12. The lowest BCUT2D eigenvalue weighted by atomic mass is 10.1. The van der Waals surface area contributed by atoms with Crippen molar-refractivity contribution in [3.05, 3.63) is 51.9 Å². The SMILES string of the molecule is Brc1ccc2ccc(-c3nc(C4CCOC4)cs3)cc2c1. The molecule has 4 heteroatoms. The van der Waals surface area contributed by atoms with Gasteiger partial charge in [-0.15, -0.1) is 11.3 Å². The third-order valence-corrected chi connectivity index (χ3v) is 5.32. The number of hydrogen-bond donors (Lipinski definition) is 0. The Morgan fingerprint density at radius 1 is 1.14 bits per heavy atom. The first-order valence-corrected chi connectivity index (χ1v) is 8.70. The first kappa shape index (κ1) is 13.4. The van der Waals surface area contributed by atoms with Crippen LogP contribution in [0.1, 0.15) is 18.0 Å². The molecule has 1 unspecified atom stereocenters. The molecule has 1 aliphatic rings. The lowest BCUT2D eigenvalue weighted by molar-refractivity contribution is 0.193. The van der Waals surface area contributed by atoms with Gasteiger partial charge in [0.2, 0.25) is 0 Å². The van der Waals surface area contributed by atoms with Crippen LogP contribution in [0, 0.1) is 0 Å². The van der Waals surface area contributed by atoms with E-state index in [1.807, 2.05) is 0 Å². The van der Waals surface area contributed by atoms with E-state index in [9.17, 15) is 0 Å². The van der Waals surface area contributed by atoms with E-state index in [2.05, 4.69) is 57.7 Å². The van der Waals surface area contributed by atoms with Gasteiger partial charge in [-0.25, -0.2) is 4.98 Å². The highest BCUT2D eigenvalue weighted by atomic mass is 79.9. The molecule has 21 heavy (non-hydrogen) atoms. The van der Waals surface area contributed by atoms with Gasteiger partial charge in [0, 0.05) is 27.9 Å². The summed E-state index contributed by atoms with van der Waals surface area (Å²) in [6.45, 7) is 1.68. The predicted octanol–water partition coefficient (Wildman–Crippen LogP) is 5.23. The maximum absolute atomic E-state index is 5.46. The summed E-state index contributed by atoms with van der Waals surface area (Å²) >= 11 is 5.26. The monoisotopic (exact) mass is 359 g/mol. The molecule has 0 aliphatic carbocycles. The molecule has 1 fully saturated rings. The van der Waals surface area contributed by atoms with E-state index in [-0.39, 0.29) is 0 Å². The summed E-state index contributed by atoms with van der Waals surface area (Å²) in [6.07, 6.45) is 1.09. The maximum atomic E-state index is 5.46. The van der Waals surface area contributed by atoms with E-state index in [0.29, 0.717) is 5.92 Å². The summed E-state index contributed by atoms with van der Waals surface area (Å²) in [7, 11) is 0. The van der Waals surface area contributed by atoms with Crippen molar-refractivity contribution >= 4 is 38.0 Å². The fraction of sp³-hybridized carbons (Fsp3) is 0.235. The van der Waals surface area contributed by atoms with Crippen molar-refractivity contribution in [2.24, 2.45) is 0 Å². The minimum atomic E-state index is 0.476. The van der Waals surface area contributed by atoms with Crippen molar-refractivity contribution in [2.75, 3.05) is 13.2 Å². The second-order valence-electron chi connectivity index (χ2n) is 5.34. The molecule has 3 aromatic rings. The lowest BCUT2D eigenvalue weighted by Gasteiger charge is -2.03. The number of benzene rings is 2. The van der Waals surface area contributed by atoms with Crippen molar-refractivity contribution < 1.29 is 4.74 Å². The molecule has 0 bridgehead atoms. The van der Waals surface area contributed by atoms with E-state index < -0.39 is 0 Å². The molecule has 1 saturated heterocycles. The molecule has 0 amide bonds. The number of rotatable bonds is 2. The Hall–Kier alpha value is -1.23. The van der Waals surface area contributed by atoms with Gasteiger partial charge in [0.25, 0.3) is 0 Å². The normalized spacial score (nSPS) is 18.4. The third kappa shape index (κ3) is 2.63. The van der Waals surface area contributed by atoms with E-state index in [1.54, 1.807) is 11.3 Å². The van der Waals surface area contributed by atoms with E-state index in [0.717, 1.165) is 29.1 Å². The minimum Gasteiger partial charge on any atom is -0.381 e. The highest BCUT2D eigenvalue weighted by molar-refractivity contribution is 9.10. The average molecular weight is 360 g/mol. The molecule has 2 heterocycles. The molecule has 1 aromatic heterocycles. The number of thiazole rings is 1. The summed E-state index contributed by atoms with van der Waals surface area (Å²) in [5, 5.41) is 5.77. The summed E-state index contributed by atoms with van der Waals surface area (Å²) in [5.41, 5.74) is 2.37. The van der Waals surface area contributed by atoms with Crippen LogP contribution in [0.4, 0.5) is 0 Å². The largest absolute Gasteiger partial charge is 0.381 e. The van der Waals surface area contributed by atoms with Crippen LogP contribution in [0.25, 0.3) is 21.3 Å². The zero-order chi connectivity index (χ0) is 14.2. The Morgan fingerprint density at radius 2 is 2.05 bits per heavy atom. The Labute approximate surface area is 135 Å². The molecule has 4 rings (SSSR count). The van der Waals surface area contributed by atoms with Crippen molar-refractivity contribution in [2.45, 2.75) is 12.3 Å². The maximum Gasteiger partial charge on any atom is 0.123 e. The van der Waals surface area contributed by atoms with Crippen LogP contribution in [0.15, 0.2) is 46.3 Å². The van der Waals surface area contributed by atoms with Crippen LogP contribution < -0.4 is 0 Å². The average Bonchev–Trinajstić information content (AvgIpc) is 3.17. The van der Waals surface area contributed by atoms with Gasteiger partial charge in [-0.05, 0) is 35.4 Å². The summed E-state index contributed by atoms with van der Waals surface area (Å²) in [5.74, 6) is 0.476. The molecular formula is C17H14BrNOS. The molecule has 1 aliphatic heterocycles. The number of hydrogen-bond acceptors (Lipinski definition) is 3. The van der Waals surface area contributed by atoms with Gasteiger partial charge in [-0.2, -0.15) is 0 Å². The van der Waals surface area contributed by atoms with Gasteiger partial charge in [0.15, 0.2) is 0 Å². The molecule has 0 spiro atoms. The van der Waals surface area contributed by atoms with Crippen LogP contribution in [-0.2, 0) is 4.74 Å². The van der Waals surface area contributed by atoms with Crippen LogP contribution >= 0.6 is 27.3 Å². The molecule has 0 N–H and O–H groups in total. The van der Waals surface area contributed by atoms with Gasteiger partial charge in [0.05, 0.1) is 12.3 Å². The number of halogens is 1. The van der Waals surface area contributed by atoms with E-state index in [4.69, 9.17) is 9.72 Å². The zero-order valence-corrected chi connectivity index (χ0v) is 13.8. The van der Waals surface area contributed by atoms with Crippen LogP contribution in [0.3, 0.4) is 0 Å². The molecular weight excluding hydrogens is 346 g/mol. The Kier molecular flexibility index (Phi) is 3.53. The number of aromatic nitrogens is 1. The topological polar surface area (TPSA) is 22.1 Å². The molecule has 0 saturated carbocycles. The number of nitrogens with zero attached hydrogens (tertiary/aromatic N) is 1. The van der Waals surface area contributed by atoms with Crippen molar-refractivity contribution in [1.82, 2.24) is 4.98 Å². The van der Waals surface area contributed by atoms with Gasteiger partial charge < -0.3 is 4.74 Å². The zero-order valence-electron chi connectivity index (χ0n) is 11.4. The van der Waals surface area contributed by atoms with Gasteiger partial charge in [-0.1, -0.05) is 34.1 Å². The van der Waals surface area contributed by atoms with Crippen LogP contribution in [0.5, 0.6) is 0 Å². The van der Waals surface area contributed by atoms with E-state index in [1.165, 1.54) is 22.0 Å². The molecule has 2 aromatic carbocycles. The number of ether oxygens (including phenoxy) is 1.